The molecule has 0 aliphatic rings. The molecule has 9 nitrogen and oxygen atoms in total. The maximum absolute atomic E-state index is 13.5. The monoisotopic (exact) mass is 1020 g/mol. The normalized spacial score (nSPS) is 14.2. The molecule has 0 rings (SSSR count). The Hall–Kier alpha value is -2.29. The van der Waals surface area contributed by atoms with Crippen LogP contribution < -0.4 is 10.2 Å². The molecule has 0 radical (unpaired) electrons. The number of likely N-dealkylation sites (N-methyl/N-ethyl adjacent to an activating group) is 1. The number of allylic oxidation sites excluding steroid dienone is 9. The molecule has 0 aliphatic heterocycles. The lowest BCUT2D eigenvalue weighted by Gasteiger charge is -2.30. The van der Waals surface area contributed by atoms with Crippen LogP contribution in [0.2, 0.25) is 0 Å². The molecule has 0 heterocycles. The van der Waals surface area contributed by atoms with Crippen molar-refractivity contribution in [3.8, 4) is 0 Å². The number of quaternary nitrogens is 1. The van der Waals surface area contributed by atoms with Crippen molar-refractivity contribution in [2.75, 3.05) is 40.9 Å². The van der Waals surface area contributed by atoms with Crippen LogP contribution in [-0.4, -0.2) is 69.4 Å². The smallest absolute Gasteiger partial charge is 0.306 e. The summed E-state index contributed by atoms with van der Waals surface area (Å²) in [6, 6.07) is -0.903. The molecule has 0 aliphatic carbocycles. The van der Waals surface area contributed by atoms with Gasteiger partial charge in [0.2, 0.25) is 5.91 Å². The minimum Gasteiger partial charge on any atom is -0.756 e. The number of nitrogens with zero attached hydrogens (tertiary/aromatic N) is 1. The van der Waals surface area contributed by atoms with Gasteiger partial charge in [-0.05, 0) is 70.3 Å². The van der Waals surface area contributed by atoms with E-state index >= 15 is 0 Å². The first-order chi connectivity index (χ1) is 34.4. The lowest BCUT2D eigenvalue weighted by Crippen LogP contribution is -2.47. The molecule has 3 atom stereocenters. The summed E-state index contributed by atoms with van der Waals surface area (Å²) in [6.07, 6.45) is 63.3. The van der Waals surface area contributed by atoms with E-state index in [4.69, 9.17) is 13.8 Å². The number of carbonyl (C=O) groups is 2. The Kier molecular flexibility index (Phi) is 49.6. The molecule has 1 amide bonds. The first-order valence-corrected chi connectivity index (χ1v) is 31.1. The van der Waals surface area contributed by atoms with E-state index in [1.165, 1.54) is 141 Å². The summed E-state index contributed by atoms with van der Waals surface area (Å²) in [4.78, 5) is 39.9. The standard InChI is InChI=1S/C61H113N2O7P/c1-7-10-13-16-19-22-25-28-30-32-34-36-39-42-45-48-51-54-61(65)70-59(52-49-46-43-40-37-27-24-21-18-15-12-9-3)58(57-69-71(66,67)68-56-55-63(4,5)6)62-60(64)53-50-47-44-41-38-35-33-31-29-26-23-20-17-14-11-8-2/h11,14,20,23,29,31,35,38,49,52,58-59H,7-10,12-13,15-19,21-22,24-28,30,32-34,36-37,39-48,50-51,53-57H2,1-6H3,(H-,62,64,66,67)/b14-11+,23-20+,31-29+,38-35+,52-49+. The summed E-state index contributed by atoms with van der Waals surface area (Å²) in [5.41, 5.74) is 0. The van der Waals surface area contributed by atoms with Gasteiger partial charge in [0.05, 0.1) is 33.8 Å². The highest BCUT2D eigenvalue weighted by molar-refractivity contribution is 7.45. The molecule has 3 unspecified atom stereocenters. The average molecular weight is 1020 g/mol. The zero-order valence-electron chi connectivity index (χ0n) is 47.2. The van der Waals surface area contributed by atoms with Crippen LogP contribution in [0.25, 0.3) is 0 Å². The maximum atomic E-state index is 13.5. The molecule has 10 heteroatoms. The van der Waals surface area contributed by atoms with Crippen molar-refractivity contribution in [2.45, 2.75) is 277 Å². The molecule has 1 N–H and O–H groups in total. The summed E-state index contributed by atoms with van der Waals surface area (Å²) in [5, 5.41) is 3.01. The van der Waals surface area contributed by atoms with E-state index in [2.05, 4.69) is 74.7 Å². The van der Waals surface area contributed by atoms with Gasteiger partial charge in [-0.25, -0.2) is 0 Å². The number of nitrogens with one attached hydrogen (secondary N) is 1. The summed E-state index contributed by atoms with van der Waals surface area (Å²) in [6.45, 7) is 6.71. The van der Waals surface area contributed by atoms with Gasteiger partial charge in [0, 0.05) is 12.8 Å². The van der Waals surface area contributed by atoms with E-state index in [9.17, 15) is 19.0 Å². The number of phosphoric ester groups is 1. The molecule has 0 aromatic rings. The highest BCUT2D eigenvalue weighted by Crippen LogP contribution is 2.38. The molecule has 414 valence electrons. The lowest BCUT2D eigenvalue weighted by molar-refractivity contribution is -0.870. The largest absolute Gasteiger partial charge is 0.756 e. The van der Waals surface area contributed by atoms with E-state index in [0.29, 0.717) is 17.4 Å². The molecule has 0 aromatic carbocycles. The van der Waals surface area contributed by atoms with Gasteiger partial charge in [-0.1, -0.05) is 242 Å². The van der Waals surface area contributed by atoms with Crippen molar-refractivity contribution in [3.63, 3.8) is 0 Å². The van der Waals surface area contributed by atoms with Crippen molar-refractivity contribution in [2.24, 2.45) is 0 Å². The highest BCUT2D eigenvalue weighted by atomic mass is 31.2. The number of carbonyl (C=O) groups excluding carboxylic acids is 2. The fourth-order valence-corrected chi connectivity index (χ4v) is 9.12. The third kappa shape index (κ3) is 52.4. The number of amides is 1. The van der Waals surface area contributed by atoms with Gasteiger partial charge >= 0.3 is 5.97 Å². The Balaban J connectivity index is 5.35. The second kappa shape index (κ2) is 51.2. The number of unbranched alkanes of at least 4 members (excludes halogenated alkanes) is 29. The van der Waals surface area contributed by atoms with Gasteiger partial charge in [0.15, 0.2) is 0 Å². The van der Waals surface area contributed by atoms with Gasteiger partial charge in [0.25, 0.3) is 7.82 Å². The van der Waals surface area contributed by atoms with Crippen molar-refractivity contribution in [3.05, 3.63) is 60.8 Å². The molecule has 0 aromatic heterocycles. The van der Waals surface area contributed by atoms with Crippen LogP contribution in [0.15, 0.2) is 60.8 Å². The molecule has 0 spiro atoms. The average Bonchev–Trinajstić information content (AvgIpc) is 3.33. The minimum absolute atomic E-state index is 0.0290. The third-order valence-corrected chi connectivity index (χ3v) is 13.9. The third-order valence-electron chi connectivity index (χ3n) is 13.0. The van der Waals surface area contributed by atoms with Gasteiger partial charge in [0.1, 0.15) is 19.3 Å². The Morgan fingerprint density at radius 1 is 0.507 bits per heavy atom. The van der Waals surface area contributed by atoms with E-state index < -0.39 is 26.6 Å². The number of rotatable bonds is 53. The van der Waals surface area contributed by atoms with E-state index in [0.717, 1.165) is 83.5 Å². The van der Waals surface area contributed by atoms with Crippen LogP contribution in [0.1, 0.15) is 265 Å². The van der Waals surface area contributed by atoms with Crippen LogP contribution in [0, 0.1) is 0 Å². The van der Waals surface area contributed by atoms with Crippen LogP contribution in [-0.2, 0) is 27.9 Å². The van der Waals surface area contributed by atoms with Crippen molar-refractivity contribution < 1.29 is 37.3 Å². The number of esters is 1. The molecular formula is C61H113N2O7P. The summed E-state index contributed by atoms with van der Waals surface area (Å²) >= 11 is 0. The van der Waals surface area contributed by atoms with E-state index in [-0.39, 0.29) is 31.3 Å². The van der Waals surface area contributed by atoms with Gasteiger partial charge < -0.3 is 28.5 Å². The summed E-state index contributed by atoms with van der Waals surface area (Å²) in [7, 11) is 1.16. The highest BCUT2D eigenvalue weighted by Gasteiger charge is 2.27. The Morgan fingerprint density at radius 2 is 0.901 bits per heavy atom. The number of hydrogen-bond acceptors (Lipinski definition) is 7. The molecule has 0 saturated heterocycles. The molecule has 0 saturated carbocycles. The zero-order valence-corrected chi connectivity index (χ0v) is 48.1. The fourth-order valence-electron chi connectivity index (χ4n) is 8.40. The number of phosphoric acid groups is 1. The molecule has 0 fully saturated rings. The number of hydrogen-bond donors (Lipinski definition) is 1. The topological polar surface area (TPSA) is 114 Å². The zero-order chi connectivity index (χ0) is 52.2. The summed E-state index contributed by atoms with van der Waals surface area (Å²) < 4.78 is 30.2. The first-order valence-electron chi connectivity index (χ1n) is 29.6. The Labute approximate surface area is 439 Å². The lowest BCUT2D eigenvalue weighted by atomic mass is 10.0. The van der Waals surface area contributed by atoms with Crippen molar-refractivity contribution in [1.29, 1.82) is 0 Å². The SMILES string of the molecule is CC/C=C/C/C=C/C/C=C/C/C=C/CCCCCC(=O)NC(COP(=O)([O-])OCC[N+](C)(C)C)C(/C=C/CCCCCCCCCCCC)OC(=O)CCCCCCCCCCCCCCCCCCC. The second-order valence-corrected chi connectivity index (χ2v) is 22.5. The molecule has 71 heavy (non-hydrogen) atoms. The Bertz CT molecular complexity index is 1400. The maximum Gasteiger partial charge on any atom is 0.306 e. The van der Waals surface area contributed by atoms with Gasteiger partial charge in [-0.2, -0.15) is 0 Å². The number of ether oxygens (including phenoxy) is 1. The minimum atomic E-state index is -4.70. The fraction of sp³-hybridized carbons (Fsp3) is 0.803. The quantitative estimate of drug-likeness (QED) is 0.0212. The predicted octanol–water partition coefficient (Wildman–Crippen LogP) is 17.3. The molecule has 0 bridgehead atoms. The van der Waals surface area contributed by atoms with E-state index in [1.54, 1.807) is 0 Å². The van der Waals surface area contributed by atoms with Crippen molar-refractivity contribution >= 4 is 19.7 Å². The van der Waals surface area contributed by atoms with Crippen LogP contribution in [0.3, 0.4) is 0 Å². The summed E-state index contributed by atoms with van der Waals surface area (Å²) in [5.74, 6) is -0.571. The van der Waals surface area contributed by atoms with E-state index in [1.807, 2.05) is 33.3 Å². The predicted molar refractivity (Wildman–Crippen MR) is 302 cm³/mol. The van der Waals surface area contributed by atoms with Crippen LogP contribution in [0.4, 0.5) is 0 Å². The Morgan fingerprint density at radius 3 is 1.37 bits per heavy atom. The molecular weight excluding hydrogens is 904 g/mol. The van der Waals surface area contributed by atoms with Crippen LogP contribution >= 0.6 is 7.82 Å². The first kappa shape index (κ1) is 68.7. The van der Waals surface area contributed by atoms with Gasteiger partial charge in [-0.15, -0.1) is 0 Å². The second-order valence-electron chi connectivity index (χ2n) is 21.1. The van der Waals surface area contributed by atoms with Crippen molar-refractivity contribution in [1.82, 2.24) is 5.32 Å². The van der Waals surface area contributed by atoms with Gasteiger partial charge in [-0.3, -0.25) is 14.2 Å². The van der Waals surface area contributed by atoms with Crippen LogP contribution in [0.5, 0.6) is 0 Å².